The van der Waals surface area contributed by atoms with Gasteiger partial charge in [-0.2, -0.15) is 0 Å². The van der Waals surface area contributed by atoms with Gasteiger partial charge in [-0.15, -0.1) is 11.8 Å². The van der Waals surface area contributed by atoms with Crippen LogP contribution in [0.1, 0.15) is 18.1 Å². The first-order chi connectivity index (χ1) is 8.02. The molecule has 0 bridgehead atoms. The normalized spacial score (nSPS) is 12.2. The van der Waals surface area contributed by atoms with Crippen LogP contribution in [0.2, 0.25) is 0 Å². The van der Waals surface area contributed by atoms with Crippen LogP contribution in [0.25, 0.3) is 0 Å². The van der Waals surface area contributed by atoms with Gasteiger partial charge in [-0.05, 0) is 25.5 Å². The van der Waals surface area contributed by atoms with Crippen molar-refractivity contribution in [3.63, 3.8) is 0 Å². The van der Waals surface area contributed by atoms with E-state index >= 15 is 0 Å². The quantitative estimate of drug-likeness (QED) is 0.847. The van der Waals surface area contributed by atoms with Gasteiger partial charge < -0.3 is 10.4 Å². The molecule has 17 heavy (non-hydrogen) atoms. The zero-order valence-electron chi connectivity index (χ0n) is 10.5. The minimum Gasteiger partial charge on any atom is -0.395 e. The van der Waals surface area contributed by atoms with Crippen LogP contribution in [0.4, 0.5) is 5.69 Å². The average molecular weight is 253 g/mol. The predicted molar refractivity (Wildman–Crippen MR) is 73.6 cm³/mol. The molecule has 1 atom stereocenters. The van der Waals surface area contributed by atoms with Gasteiger partial charge in [0.15, 0.2) is 0 Å². The van der Waals surface area contributed by atoms with E-state index in [9.17, 15) is 4.79 Å². The summed E-state index contributed by atoms with van der Waals surface area (Å²) in [7, 11) is 0. The van der Waals surface area contributed by atoms with E-state index in [1.54, 1.807) is 0 Å². The van der Waals surface area contributed by atoms with E-state index in [1.165, 1.54) is 17.3 Å². The molecule has 0 saturated carbocycles. The molecule has 0 spiro atoms. The summed E-state index contributed by atoms with van der Waals surface area (Å²) in [5, 5.41) is 11.8. The number of aliphatic hydroxyl groups excluding tert-OH is 1. The molecule has 0 aliphatic rings. The van der Waals surface area contributed by atoms with Gasteiger partial charge >= 0.3 is 0 Å². The highest BCUT2D eigenvalue weighted by Gasteiger charge is 2.07. The lowest BCUT2D eigenvalue weighted by Crippen LogP contribution is -2.17. The first-order valence-corrected chi connectivity index (χ1v) is 6.67. The van der Waals surface area contributed by atoms with Crippen molar-refractivity contribution in [3.8, 4) is 0 Å². The van der Waals surface area contributed by atoms with Crippen molar-refractivity contribution in [2.75, 3.05) is 17.7 Å². The number of rotatable bonds is 5. The first-order valence-electron chi connectivity index (χ1n) is 5.62. The number of amides is 1. The molecule has 0 heterocycles. The molecular formula is C13H19NO2S. The monoisotopic (exact) mass is 253 g/mol. The lowest BCUT2D eigenvalue weighted by molar-refractivity contribution is -0.113. The SMILES string of the molecule is Cc1ccc(NC(=O)CSC(C)CO)c(C)c1. The molecular weight excluding hydrogens is 234 g/mol. The summed E-state index contributed by atoms with van der Waals surface area (Å²) in [6.45, 7) is 6.00. The molecule has 0 aliphatic carbocycles. The van der Waals surface area contributed by atoms with Crippen LogP contribution in [0.15, 0.2) is 18.2 Å². The van der Waals surface area contributed by atoms with Crippen molar-refractivity contribution in [1.29, 1.82) is 0 Å². The summed E-state index contributed by atoms with van der Waals surface area (Å²) in [4.78, 5) is 11.7. The van der Waals surface area contributed by atoms with Crippen LogP contribution in [0.5, 0.6) is 0 Å². The van der Waals surface area contributed by atoms with E-state index in [-0.39, 0.29) is 17.8 Å². The van der Waals surface area contributed by atoms with Crippen molar-refractivity contribution in [1.82, 2.24) is 0 Å². The molecule has 1 rings (SSSR count). The van der Waals surface area contributed by atoms with E-state index in [0.29, 0.717) is 5.75 Å². The Balaban J connectivity index is 2.50. The zero-order chi connectivity index (χ0) is 12.8. The number of thioether (sulfide) groups is 1. The van der Waals surface area contributed by atoms with E-state index < -0.39 is 0 Å². The maximum absolute atomic E-state index is 11.7. The van der Waals surface area contributed by atoms with Crippen LogP contribution >= 0.6 is 11.8 Å². The Labute approximate surface area is 107 Å². The largest absolute Gasteiger partial charge is 0.395 e. The minimum absolute atomic E-state index is 0.0257. The fourth-order valence-corrected chi connectivity index (χ4v) is 2.02. The highest BCUT2D eigenvalue weighted by molar-refractivity contribution is 8.00. The van der Waals surface area contributed by atoms with Crippen LogP contribution in [-0.4, -0.2) is 28.6 Å². The number of hydrogen-bond donors (Lipinski definition) is 2. The predicted octanol–water partition coefficient (Wildman–Crippen LogP) is 2.36. The summed E-state index contributed by atoms with van der Waals surface area (Å²) < 4.78 is 0. The third kappa shape index (κ3) is 4.79. The summed E-state index contributed by atoms with van der Waals surface area (Å²) in [6, 6.07) is 5.94. The van der Waals surface area contributed by atoms with Crippen LogP contribution in [0, 0.1) is 13.8 Å². The molecule has 1 unspecified atom stereocenters. The fraction of sp³-hybridized carbons (Fsp3) is 0.462. The topological polar surface area (TPSA) is 49.3 Å². The maximum Gasteiger partial charge on any atom is 0.234 e. The second-order valence-electron chi connectivity index (χ2n) is 4.17. The molecule has 1 aromatic rings. The van der Waals surface area contributed by atoms with Gasteiger partial charge in [-0.3, -0.25) is 4.79 Å². The summed E-state index contributed by atoms with van der Waals surface area (Å²) in [5.74, 6) is 0.344. The standard InChI is InChI=1S/C13H19NO2S/c1-9-4-5-12(10(2)6-9)14-13(16)8-17-11(3)7-15/h4-6,11,15H,7-8H2,1-3H3,(H,14,16). The Hall–Kier alpha value is -1.00. The van der Waals surface area contributed by atoms with E-state index in [4.69, 9.17) is 5.11 Å². The molecule has 0 aromatic heterocycles. The first kappa shape index (κ1) is 14.1. The molecule has 0 radical (unpaired) electrons. The Bertz CT molecular complexity index is 393. The Morgan fingerprint density at radius 1 is 1.47 bits per heavy atom. The minimum atomic E-state index is -0.0257. The number of hydrogen-bond acceptors (Lipinski definition) is 3. The van der Waals surface area contributed by atoms with Crippen molar-refractivity contribution in [3.05, 3.63) is 29.3 Å². The van der Waals surface area contributed by atoms with Crippen molar-refractivity contribution >= 4 is 23.4 Å². The van der Waals surface area contributed by atoms with E-state index in [2.05, 4.69) is 5.32 Å². The van der Waals surface area contributed by atoms with Crippen LogP contribution < -0.4 is 5.32 Å². The van der Waals surface area contributed by atoms with Gasteiger partial charge in [-0.25, -0.2) is 0 Å². The third-order valence-corrected chi connectivity index (χ3v) is 3.56. The summed E-state index contributed by atoms with van der Waals surface area (Å²) in [5.41, 5.74) is 3.11. The molecule has 0 saturated heterocycles. The zero-order valence-corrected chi connectivity index (χ0v) is 11.3. The van der Waals surface area contributed by atoms with Crippen LogP contribution in [0.3, 0.4) is 0 Å². The fourth-order valence-electron chi connectivity index (χ4n) is 1.41. The number of anilines is 1. The highest BCUT2D eigenvalue weighted by Crippen LogP contribution is 2.17. The molecule has 1 aromatic carbocycles. The lowest BCUT2D eigenvalue weighted by atomic mass is 10.1. The van der Waals surface area contributed by atoms with Crippen LogP contribution in [-0.2, 0) is 4.79 Å². The van der Waals surface area contributed by atoms with Gasteiger partial charge in [0.2, 0.25) is 5.91 Å². The summed E-state index contributed by atoms with van der Waals surface area (Å²) >= 11 is 1.45. The third-order valence-electron chi connectivity index (χ3n) is 2.41. The average Bonchev–Trinajstić information content (AvgIpc) is 2.29. The van der Waals surface area contributed by atoms with Gasteiger partial charge in [0, 0.05) is 10.9 Å². The number of aryl methyl sites for hydroxylation is 2. The lowest BCUT2D eigenvalue weighted by Gasteiger charge is -2.10. The second kappa shape index (κ2) is 6.67. The Morgan fingerprint density at radius 3 is 2.76 bits per heavy atom. The number of aliphatic hydroxyl groups is 1. The van der Waals surface area contributed by atoms with Crippen molar-refractivity contribution in [2.24, 2.45) is 0 Å². The number of nitrogens with one attached hydrogen (secondary N) is 1. The summed E-state index contributed by atoms with van der Waals surface area (Å²) in [6.07, 6.45) is 0. The highest BCUT2D eigenvalue weighted by atomic mass is 32.2. The Kier molecular flexibility index (Phi) is 5.51. The molecule has 2 N–H and O–H groups in total. The number of benzene rings is 1. The van der Waals surface area contributed by atoms with E-state index in [1.807, 2.05) is 39.0 Å². The van der Waals surface area contributed by atoms with Gasteiger partial charge in [0.25, 0.3) is 0 Å². The molecule has 4 heteroatoms. The number of carbonyl (C=O) groups is 1. The smallest absolute Gasteiger partial charge is 0.234 e. The number of carbonyl (C=O) groups excluding carboxylic acids is 1. The maximum atomic E-state index is 11.7. The van der Waals surface area contributed by atoms with Gasteiger partial charge in [-0.1, -0.05) is 24.6 Å². The molecule has 3 nitrogen and oxygen atoms in total. The molecule has 0 fully saturated rings. The van der Waals surface area contributed by atoms with E-state index in [0.717, 1.165) is 11.3 Å². The molecule has 1 amide bonds. The second-order valence-corrected chi connectivity index (χ2v) is 5.60. The van der Waals surface area contributed by atoms with Crippen molar-refractivity contribution in [2.45, 2.75) is 26.0 Å². The molecule has 0 aliphatic heterocycles. The Morgan fingerprint density at radius 2 is 2.18 bits per heavy atom. The van der Waals surface area contributed by atoms with Crippen molar-refractivity contribution < 1.29 is 9.90 Å². The molecule has 94 valence electrons. The van der Waals surface area contributed by atoms with Gasteiger partial charge in [0.1, 0.15) is 0 Å². The van der Waals surface area contributed by atoms with Gasteiger partial charge in [0.05, 0.1) is 12.4 Å².